The quantitative estimate of drug-likeness (QED) is 0.790. The Morgan fingerprint density at radius 3 is 3.05 bits per heavy atom. The highest BCUT2D eigenvalue weighted by atomic mass is 16.3. The molecule has 20 heavy (non-hydrogen) atoms. The fraction of sp³-hybridized carbons (Fsp3) is 0.200. The van der Waals surface area contributed by atoms with E-state index in [9.17, 15) is 4.79 Å². The molecule has 0 atom stereocenters. The molecule has 0 radical (unpaired) electrons. The molecule has 0 aliphatic carbocycles. The summed E-state index contributed by atoms with van der Waals surface area (Å²) in [4.78, 5) is 12.1. The van der Waals surface area contributed by atoms with Crippen LogP contribution in [0.4, 0.5) is 5.69 Å². The Bertz CT molecular complexity index is 709. The van der Waals surface area contributed by atoms with Crippen LogP contribution in [0.25, 0.3) is 11.0 Å². The summed E-state index contributed by atoms with van der Waals surface area (Å²) in [7, 11) is 0. The molecule has 3 rings (SSSR count). The van der Waals surface area contributed by atoms with Crippen molar-refractivity contribution in [3.63, 3.8) is 0 Å². The second-order valence-electron chi connectivity index (χ2n) is 4.59. The van der Waals surface area contributed by atoms with E-state index in [1.54, 1.807) is 16.9 Å². The number of hydrogen-bond donors (Lipinski definition) is 1. The van der Waals surface area contributed by atoms with Gasteiger partial charge in [0.15, 0.2) is 5.76 Å². The summed E-state index contributed by atoms with van der Waals surface area (Å²) in [5, 5.41) is 7.86. The average Bonchev–Trinajstić information content (AvgIpc) is 3.05. The topological polar surface area (TPSA) is 60.1 Å². The van der Waals surface area contributed by atoms with Crippen LogP contribution in [0.5, 0.6) is 0 Å². The summed E-state index contributed by atoms with van der Waals surface area (Å²) >= 11 is 0. The summed E-state index contributed by atoms with van der Waals surface area (Å²) in [6.45, 7) is 2.91. The maximum absolute atomic E-state index is 12.1. The number of benzene rings is 1. The normalized spacial score (nSPS) is 10.8. The van der Waals surface area contributed by atoms with Crippen LogP contribution in [0.15, 0.2) is 47.1 Å². The Balaban J connectivity index is 1.77. The van der Waals surface area contributed by atoms with E-state index in [0.717, 1.165) is 18.4 Å². The molecule has 5 heteroatoms. The molecule has 1 amide bonds. The van der Waals surface area contributed by atoms with Crippen LogP contribution in [0.1, 0.15) is 23.9 Å². The van der Waals surface area contributed by atoms with Crippen LogP contribution in [0, 0.1) is 0 Å². The Labute approximate surface area is 116 Å². The van der Waals surface area contributed by atoms with Gasteiger partial charge in [0.05, 0.1) is 11.9 Å². The van der Waals surface area contributed by atoms with E-state index in [1.807, 2.05) is 30.5 Å². The monoisotopic (exact) mass is 269 g/mol. The third kappa shape index (κ3) is 2.42. The summed E-state index contributed by atoms with van der Waals surface area (Å²) in [5.74, 6) is 0.0340. The molecule has 3 aromatic rings. The zero-order valence-electron chi connectivity index (χ0n) is 11.2. The highest BCUT2D eigenvalue weighted by Crippen LogP contribution is 2.19. The number of carbonyl (C=O) groups excluding carboxylic acids is 1. The lowest BCUT2D eigenvalue weighted by Gasteiger charge is -1.98. The van der Waals surface area contributed by atoms with E-state index in [2.05, 4.69) is 17.3 Å². The number of furan rings is 1. The van der Waals surface area contributed by atoms with Gasteiger partial charge in [-0.3, -0.25) is 9.48 Å². The van der Waals surface area contributed by atoms with Crippen LogP contribution in [0.3, 0.4) is 0 Å². The predicted molar refractivity (Wildman–Crippen MR) is 76.7 cm³/mol. The first-order valence-electron chi connectivity index (χ1n) is 6.58. The Kier molecular flexibility index (Phi) is 3.25. The first kappa shape index (κ1) is 12.5. The lowest BCUT2D eigenvalue weighted by molar-refractivity contribution is 0.0998. The van der Waals surface area contributed by atoms with E-state index in [-0.39, 0.29) is 5.91 Å². The lowest BCUT2D eigenvalue weighted by Crippen LogP contribution is -2.10. The smallest absolute Gasteiger partial charge is 0.291 e. The number of carbonyl (C=O) groups is 1. The van der Waals surface area contributed by atoms with Crippen LogP contribution >= 0.6 is 0 Å². The minimum atomic E-state index is -0.266. The van der Waals surface area contributed by atoms with Crippen molar-refractivity contribution in [1.29, 1.82) is 0 Å². The van der Waals surface area contributed by atoms with Gasteiger partial charge in [-0.25, -0.2) is 0 Å². The molecule has 2 heterocycles. The van der Waals surface area contributed by atoms with Crippen LogP contribution in [-0.2, 0) is 6.54 Å². The van der Waals surface area contributed by atoms with Crippen molar-refractivity contribution in [2.45, 2.75) is 19.9 Å². The van der Waals surface area contributed by atoms with Gasteiger partial charge in [-0.15, -0.1) is 0 Å². The molecule has 0 saturated carbocycles. The molecule has 0 unspecified atom stereocenters. The molecule has 0 aliphatic rings. The molecule has 2 aromatic heterocycles. The van der Waals surface area contributed by atoms with Crippen LogP contribution in [0.2, 0.25) is 0 Å². The van der Waals surface area contributed by atoms with E-state index < -0.39 is 0 Å². The standard InChI is InChI=1S/C15H15N3O2/c1-2-7-18-10-12(9-16-18)17-15(19)14-8-11-5-3-4-6-13(11)20-14/h3-6,8-10H,2,7H2,1H3,(H,17,19). The van der Waals surface area contributed by atoms with Crippen molar-refractivity contribution >= 4 is 22.6 Å². The number of hydrogen-bond acceptors (Lipinski definition) is 3. The third-order valence-corrected chi connectivity index (χ3v) is 2.99. The number of nitrogens with zero attached hydrogens (tertiary/aromatic N) is 2. The minimum absolute atomic E-state index is 0.266. The minimum Gasteiger partial charge on any atom is -0.451 e. The van der Waals surface area contributed by atoms with Crippen LogP contribution < -0.4 is 5.32 Å². The fourth-order valence-corrected chi connectivity index (χ4v) is 2.07. The summed E-state index contributed by atoms with van der Waals surface area (Å²) in [6.07, 6.45) is 4.44. The Morgan fingerprint density at radius 2 is 2.25 bits per heavy atom. The number of fused-ring (bicyclic) bond motifs is 1. The fourth-order valence-electron chi connectivity index (χ4n) is 2.07. The van der Waals surface area contributed by atoms with E-state index in [0.29, 0.717) is 17.0 Å². The molecular weight excluding hydrogens is 254 g/mol. The van der Waals surface area contributed by atoms with E-state index in [1.165, 1.54) is 0 Å². The van der Waals surface area contributed by atoms with E-state index >= 15 is 0 Å². The molecule has 102 valence electrons. The van der Waals surface area contributed by atoms with Gasteiger partial charge in [-0.05, 0) is 18.6 Å². The number of nitrogens with one attached hydrogen (secondary N) is 1. The Hall–Kier alpha value is -2.56. The van der Waals surface area contributed by atoms with Gasteiger partial charge >= 0.3 is 0 Å². The summed E-state index contributed by atoms with van der Waals surface area (Å²) in [5.41, 5.74) is 1.38. The largest absolute Gasteiger partial charge is 0.451 e. The van der Waals surface area contributed by atoms with Gasteiger partial charge in [0.1, 0.15) is 5.58 Å². The molecule has 5 nitrogen and oxygen atoms in total. The van der Waals surface area contributed by atoms with Gasteiger partial charge in [0.2, 0.25) is 0 Å². The van der Waals surface area contributed by atoms with E-state index in [4.69, 9.17) is 4.42 Å². The third-order valence-electron chi connectivity index (χ3n) is 2.99. The number of para-hydroxylation sites is 1. The predicted octanol–water partition coefficient (Wildman–Crippen LogP) is 3.29. The second-order valence-corrected chi connectivity index (χ2v) is 4.59. The second kappa shape index (κ2) is 5.21. The van der Waals surface area contributed by atoms with Crippen molar-refractivity contribution in [3.05, 3.63) is 48.5 Å². The van der Waals surface area contributed by atoms with Gasteiger partial charge in [-0.1, -0.05) is 25.1 Å². The zero-order chi connectivity index (χ0) is 13.9. The molecule has 1 N–H and O–H groups in total. The van der Waals surface area contributed by atoms with Crippen LogP contribution in [-0.4, -0.2) is 15.7 Å². The SMILES string of the molecule is CCCn1cc(NC(=O)c2cc3ccccc3o2)cn1. The number of anilines is 1. The van der Waals surface area contributed by atoms with Crippen molar-refractivity contribution in [2.75, 3.05) is 5.32 Å². The van der Waals surface area contributed by atoms with Gasteiger partial charge in [-0.2, -0.15) is 5.10 Å². The molecule has 0 saturated heterocycles. The van der Waals surface area contributed by atoms with Gasteiger partial charge in [0, 0.05) is 18.1 Å². The van der Waals surface area contributed by atoms with Crippen molar-refractivity contribution in [2.24, 2.45) is 0 Å². The highest BCUT2D eigenvalue weighted by molar-refractivity contribution is 6.04. The number of amides is 1. The summed E-state index contributed by atoms with van der Waals surface area (Å²) < 4.78 is 7.32. The zero-order valence-corrected chi connectivity index (χ0v) is 11.2. The maximum Gasteiger partial charge on any atom is 0.291 e. The molecule has 0 spiro atoms. The molecule has 0 bridgehead atoms. The number of aryl methyl sites for hydroxylation is 1. The first-order chi connectivity index (χ1) is 9.76. The average molecular weight is 269 g/mol. The molecular formula is C15H15N3O2. The Morgan fingerprint density at radius 1 is 1.40 bits per heavy atom. The molecule has 0 aliphatic heterocycles. The summed E-state index contributed by atoms with van der Waals surface area (Å²) in [6, 6.07) is 9.28. The van der Waals surface area contributed by atoms with Crippen molar-refractivity contribution in [3.8, 4) is 0 Å². The number of aromatic nitrogens is 2. The maximum atomic E-state index is 12.1. The van der Waals surface area contributed by atoms with Gasteiger partial charge < -0.3 is 9.73 Å². The van der Waals surface area contributed by atoms with Crippen molar-refractivity contribution in [1.82, 2.24) is 9.78 Å². The first-order valence-corrected chi connectivity index (χ1v) is 6.58. The molecule has 0 fully saturated rings. The highest BCUT2D eigenvalue weighted by Gasteiger charge is 2.12. The van der Waals surface area contributed by atoms with Crippen molar-refractivity contribution < 1.29 is 9.21 Å². The number of rotatable bonds is 4. The lowest BCUT2D eigenvalue weighted by atomic mass is 10.2. The molecule has 1 aromatic carbocycles. The van der Waals surface area contributed by atoms with Gasteiger partial charge in [0.25, 0.3) is 5.91 Å².